The van der Waals surface area contributed by atoms with E-state index in [4.69, 9.17) is 14.6 Å². The molecule has 1 saturated heterocycles. The Morgan fingerprint density at radius 1 is 1.28 bits per heavy atom. The van der Waals surface area contributed by atoms with Crippen molar-refractivity contribution in [3.8, 4) is 11.8 Å². The number of carbonyl (C=O) groups excluding carboxylic acids is 1. The summed E-state index contributed by atoms with van der Waals surface area (Å²) in [5.41, 5.74) is 0.483. The van der Waals surface area contributed by atoms with Crippen LogP contribution < -0.4 is 21.1 Å². The van der Waals surface area contributed by atoms with E-state index >= 15 is 0 Å². The van der Waals surface area contributed by atoms with Crippen molar-refractivity contribution < 1.29 is 32.6 Å². The highest BCUT2D eigenvalue weighted by atomic mass is 19.4. The molecule has 3 N–H and O–H groups in total. The third-order valence-electron chi connectivity index (χ3n) is 5.01. The highest BCUT2D eigenvalue weighted by Gasteiger charge is 2.38. The summed E-state index contributed by atoms with van der Waals surface area (Å²) in [5.74, 6) is 3.68. The number of anilines is 2. The summed E-state index contributed by atoms with van der Waals surface area (Å²) in [4.78, 5) is 45.3. The van der Waals surface area contributed by atoms with E-state index in [-0.39, 0.29) is 18.1 Å². The van der Waals surface area contributed by atoms with Crippen LogP contribution >= 0.6 is 0 Å². The van der Waals surface area contributed by atoms with E-state index in [0.717, 1.165) is 26.2 Å². The quantitative estimate of drug-likeness (QED) is 0.369. The van der Waals surface area contributed by atoms with Gasteiger partial charge in [-0.2, -0.15) is 23.1 Å². The van der Waals surface area contributed by atoms with Gasteiger partial charge in [0, 0.05) is 33.2 Å². The molecule has 15 heteroatoms. The first-order valence-corrected chi connectivity index (χ1v) is 11.0. The Morgan fingerprint density at radius 3 is 2.42 bits per heavy atom. The Hall–Kier alpha value is -3.80. The number of aliphatic carboxylic acids is 1. The lowest BCUT2D eigenvalue weighted by Gasteiger charge is -2.28. The van der Waals surface area contributed by atoms with E-state index in [1.165, 1.54) is 4.57 Å². The predicted octanol–water partition coefficient (Wildman–Crippen LogP) is 0.560. The third-order valence-corrected chi connectivity index (χ3v) is 5.01. The molecule has 3 heterocycles. The van der Waals surface area contributed by atoms with E-state index in [2.05, 4.69) is 37.3 Å². The second-order valence-electron chi connectivity index (χ2n) is 7.55. The molecule has 3 rings (SSSR count). The van der Waals surface area contributed by atoms with Gasteiger partial charge in [0.1, 0.15) is 6.04 Å². The van der Waals surface area contributed by atoms with Gasteiger partial charge in [0.2, 0.25) is 11.9 Å². The topological polar surface area (TPSA) is 144 Å². The number of imidazole rings is 1. The third kappa shape index (κ3) is 6.87. The van der Waals surface area contributed by atoms with Crippen LogP contribution in [0.2, 0.25) is 0 Å². The van der Waals surface area contributed by atoms with Crippen molar-refractivity contribution in [3.63, 3.8) is 0 Å². The molecule has 2 aromatic heterocycles. The zero-order valence-corrected chi connectivity index (χ0v) is 20.3. The number of ether oxygens (including phenoxy) is 1. The number of hydrogen-bond donors (Lipinski definition) is 3. The van der Waals surface area contributed by atoms with Crippen molar-refractivity contribution in [1.29, 1.82) is 0 Å². The number of fused-ring (bicyclic) bond motifs is 1. The molecule has 1 fully saturated rings. The number of nitrogens with one attached hydrogen (secondary N) is 2. The highest BCUT2D eigenvalue weighted by molar-refractivity contribution is 5.79. The number of aromatic nitrogens is 4. The van der Waals surface area contributed by atoms with Gasteiger partial charge >= 0.3 is 18.1 Å². The zero-order valence-electron chi connectivity index (χ0n) is 20.3. The van der Waals surface area contributed by atoms with Crippen LogP contribution in [0.1, 0.15) is 20.8 Å². The zero-order chi connectivity index (χ0) is 27.0. The molecular weight excluding hydrogens is 487 g/mol. The number of hydrogen-bond acceptors (Lipinski definition) is 9. The number of halogens is 3. The molecule has 12 nitrogen and oxygen atoms in total. The Kier molecular flexibility index (Phi) is 9.68. The van der Waals surface area contributed by atoms with Gasteiger partial charge in [0.15, 0.2) is 11.2 Å². The highest BCUT2D eigenvalue weighted by Crippen LogP contribution is 2.21. The normalized spacial score (nSPS) is 14.2. The van der Waals surface area contributed by atoms with Gasteiger partial charge in [-0.25, -0.2) is 9.59 Å². The maximum atomic E-state index is 13.1. The minimum absolute atomic E-state index is 0.250. The number of carboxylic acid groups (broad SMARTS) is 1. The second kappa shape index (κ2) is 12.2. The van der Waals surface area contributed by atoms with Crippen LogP contribution in [0.5, 0.6) is 0 Å². The van der Waals surface area contributed by atoms with Gasteiger partial charge in [0.05, 0.1) is 13.2 Å². The van der Waals surface area contributed by atoms with Gasteiger partial charge in [-0.1, -0.05) is 5.92 Å². The number of carbonyl (C=O) groups is 2. The summed E-state index contributed by atoms with van der Waals surface area (Å²) < 4.78 is 40.0. The largest absolute Gasteiger partial charge is 0.490 e. The lowest BCUT2D eigenvalue weighted by Crippen LogP contribution is -2.44. The minimum Gasteiger partial charge on any atom is -0.475 e. The first-order chi connectivity index (χ1) is 16.9. The fraction of sp³-hybridized carbons (Fsp3) is 0.571. The van der Waals surface area contributed by atoms with Gasteiger partial charge in [-0.15, -0.1) is 5.92 Å². The molecule has 0 aromatic carbocycles. The molecule has 198 valence electrons. The molecule has 0 spiro atoms. The van der Waals surface area contributed by atoms with E-state index in [9.17, 15) is 22.8 Å². The SMILES string of the molecule is CC#CCn1c(N2CCNCC2)nc2nc(N[C@@H](C)C(=O)OCC)n(C)c(=O)c21.O=C(O)C(F)(F)F. The lowest BCUT2D eigenvalue weighted by molar-refractivity contribution is -0.192. The molecule has 1 aliphatic rings. The first kappa shape index (κ1) is 28.4. The number of esters is 1. The van der Waals surface area contributed by atoms with E-state index in [1.54, 1.807) is 27.8 Å². The molecule has 1 aliphatic heterocycles. The van der Waals surface area contributed by atoms with Gasteiger partial charge < -0.3 is 25.4 Å². The van der Waals surface area contributed by atoms with Gasteiger partial charge in [-0.3, -0.25) is 13.9 Å². The van der Waals surface area contributed by atoms with Crippen molar-refractivity contribution in [1.82, 2.24) is 24.4 Å². The monoisotopic (exact) mass is 515 g/mol. The van der Waals surface area contributed by atoms with Crippen LogP contribution in [0.15, 0.2) is 4.79 Å². The average molecular weight is 515 g/mol. The Labute approximate surface area is 204 Å². The molecule has 0 unspecified atom stereocenters. The summed E-state index contributed by atoms with van der Waals surface area (Å²) in [6.07, 6.45) is -5.08. The Bertz CT molecular complexity index is 1210. The summed E-state index contributed by atoms with van der Waals surface area (Å²) in [6, 6.07) is -0.647. The lowest BCUT2D eigenvalue weighted by atomic mass is 10.3. The van der Waals surface area contributed by atoms with Crippen LogP contribution in [0.3, 0.4) is 0 Å². The fourth-order valence-electron chi connectivity index (χ4n) is 3.21. The van der Waals surface area contributed by atoms with Crippen LogP contribution in [-0.2, 0) is 27.9 Å². The first-order valence-electron chi connectivity index (χ1n) is 11.0. The van der Waals surface area contributed by atoms with E-state index in [0.29, 0.717) is 23.7 Å². The van der Waals surface area contributed by atoms with Crippen molar-refractivity contribution in [3.05, 3.63) is 10.4 Å². The molecule has 0 bridgehead atoms. The van der Waals surface area contributed by atoms with Crippen molar-refractivity contribution in [2.45, 2.75) is 39.5 Å². The molecule has 0 aliphatic carbocycles. The fourth-order valence-corrected chi connectivity index (χ4v) is 3.21. The number of nitrogens with zero attached hydrogens (tertiary/aromatic N) is 5. The number of carboxylic acids is 1. The molecule has 2 aromatic rings. The summed E-state index contributed by atoms with van der Waals surface area (Å²) >= 11 is 0. The molecular formula is C21H28F3N7O5. The van der Waals surface area contributed by atoms with Crippen LogP contribution in [0, 0.1) is 11.8 Å². The van der Waals surface area contributed by atoms with Gasteiger partial charge in [-0.05, 0) is 20.8 Å². The maximum absolute atomic E-state index is 13.1. The second-order valence-corrected chi connectivity index (χ2v) is 7.55. The predicted molar refractivity (Wildman–Crippen MR) is 125 cm³/mol. The van der Waals surface area contributed by atoms with Crippen LogP contribution in [0.4, 0.5) is 25.1 Å². The number of rotatable bonds is 6. The van der Waals surface area contributed by atoms with Crippen molar-refractivity contribution in [2.75, 3.05) is 43.0 Å². The van der Waals surface area contributed by atoms with Gasteiger partial charge in [0.25, 0.3) is 5.56 Å². The van der Waals surface area contributed by atoms with E-state index < -0.39 is 24.2 Å². The standard InChI is InChI=1S/C19H27N7O3.C2HF3O2/c1-5-7-10-26-14-15(23-19(26)25-11-8-20-9-12-25)22-18(24(4)16(14)27)21-13(3)17(28)29-6-2;3-2(4,5)1(6)7/h13,20H,6,8-12H2,1-4H3,(H,21,22);(H,6,7)/t13-;/m0./s1. The molecule has 0 saturated carbocycles. The van der Waals surface area contributed by atoms with Crippen molar-refractivity contribution in [2.24, 2.45) is 7.05 Å². The van der Waals surface area contributed by atoms with Crippen LogP contribution in [0.25, 0.3) is 11.2 Å². The van der Waals surface area contributed by atoms with Crippen LogP contribution in [-0.4, -0.2) is 81.2 Å². The molecule has 36 heavy (non-hydrogen) atoms. The minimum atomic E-state index is -5.08. The Morgan fingerprint density at radius 2 is 1.89 bits per heavy atom. The smallest absolute Gasteiger partial charge is 0.475 e. The number of piperazine rings is 1. The Balaban J connectivity index is 0.000000572. The molecule has 1 atom stereocenters. The maximum Gasteiger partial charge on any atom is 0.490 e. The molecule has 0 amide bonds. The van der Waals surface area contributed by atoms with Crippen molar-refractivity contribution >= 4 is 35.0 Å². The average Bonchev–Trinajstić information content (AvgIpc) is 3.19. The summed E-state index contributed by atoms with van der Waals surface area (Å²) in [7, 11) is 1.61. The number of alkyl halides is 3. The summed E-state index contributed by atoms with van der Waals surface area (Å²) in [6.45, 7) is 9.07. The van der Waals surface area contributed by atoms with E-state index in [1.807, 2.05) is 4.57 Å². The molecule has 0 radical (unpaired) electrons. The summed E-state index contributed by atoms with van der Waals surface area (Å²) in [5, 5.41) is 13.4.